The van der Waals surface area contributed by atoms with E-state index in [0.717, 1.165) is 27.4 Å². The number of hydrogen-bond acceptors (Lipinski definition) is 4. The van der Waals surface area contributed by atoms with E-state index in [1.54, 1.807) is 25.1 Å². The molecular weight excluding hydrogens is 557 g/mol. The fourth-order valence-electron chi connectivity index (χ4n) is 3.90. The van der Waals surface area contributed by atoms with Crippen LogP contribution in [0.3, 0.4) is 0 Å². The lowest BCUT2D eigenvalue weighted by atomic mass is 10.1. The fourth-order valence-corrected chi connectivity index (χ4v) is 5.78. The van der Waals surface area contributed by atoms with Gasteiger partial charge in [0.2, 0.25) is 11.8 Å². The van der Waals surface area contributed by atoms with E-state index in [2.05, 4.69) is 5.32 Å². The number of hydrogen-bond donors (Lipinski definition) is 1. The lowest BCUT2D eigenvalue weighted by molar-refractivity contribution is -0.139. The molecule has 0 aliphatic carbocycles. The van der Waals surface area contributed by atoms with E-state index in [4.69, 9.17) is 23.2 Å². The highest BCUT2D eigenvalue weighted by Crippen LogP contribution is 2.35. The Bertz CT molecular complexity index is 1410. The van der Waals surface area contributed by atoms with Gasteiger partial charge in [0.1, 0.15) is 12.6 Å². The summed E-state index contributed by atoms with van der Waals surface area (Å²) in [6, 6.07) is 17.6. The first-order valence-electron chi connectivity index (χ1n) is 12.6. The highest BCUT2D eigenvalue weighted by molar-refractivity contribution is 7.92. The zero-order valence-electron chi connectivity index (χ0n) is 22.4. The summed E-state index contributed by atoms with van der Waals surface area (Å²) in [5.74, 6) is -0.896. The van der Waals surface area contributed by atoms with Gasteiger partial charge >= 0.3 is 0 Å². The number of carbonyl (C=O) groups excluding carboxylic acids is 2. The quantitative estimate of drug-likeness (QED) is 0.308. The summed E-state index contributed by atoms with van der Waals surface area (Å²) in [4.78, 5) is 28.2. The molecule has 1 N–H and O–H groups in total. The largest absolute Gasteiger partial charge is 0.354 e. The van der Waals surface area contributed by atoms with Crippen LogP contribution in [-0.2, 0) is 26.2 Å². The lowest BCUT2D eigenvalue weighted by Gasteiger charge is -2.32. The minimum atomic E-state index is -4.24. The first-order valence-corrected chi connectivity index (χ1v) is 14.8. The average molecular weight is 591 g/mol. The third kappa shape index (κ3) is 7.53. The molecule has 208 valence electrons. The molecule has 0 aliphatic rings. The zero-order valence-corrected chi connectivity index (χ0v) is 24.8. The van der Waals surface area contributed by atoms with E-state index in [1.807, 2.05) is 45.0 Å². The molecule has 0 heterocycles. The number of anilines is 1. The van der Waals surface area contributed by atoms with Crippen molar-refractivity contribution in [2.75, 3.05) is 17.4 Å². The van der Waals surface area contributed by atoms with Crippen molar-refractivity contribution in [2.45, 2.75) is 51.6 Å². The minimum absolute atomic E-state index is 0.00137. The Morgan fingerprint density at radius 2 is 1.51 bits per heavy atom. The molecular formula is C29H33Cl2N3O4S. The number of carbonyl (C=O) groups is 2. The summed E-state index contributed by atoms with van der Waals surface area (Å²) >= 11 is 12.7. The zero-order chi connectivity index (χ0) is 28.7. The summed E-state index contributed by atoms with van der Waals surface area (Å²) < 4.78 is 28.7. The lowest BCUT2D eigenvalue weighted by Crippen LogP contribution is -2.51. The molecule has 0 aliphatic heterocycles. The second-order valence-electron chi connectivity index (χ2n) is 9.37. The SMILES string of the molecule is CCCNC(=O)[C@H](C)N(Cc1ccc(C)cc1)C(=O)CN(c1cccc(Cl)c1Cl)S(=O)(=O)c1ccc(C)cc1. The van der Waals surface area contributed by atoms with Gasteiger partial charge in [-0.25, -0.2) is 8.42 Å². The van der Waals surface area contributed by atoms with Crippen LogP contribution in [-0.4, -0.2) is 44.3 Å². The van der Waals surface area contributed by atoms with Crippen LogP contribution >= 0.6 is 23.2 Å². The molecule has 0 bridgehead atoms. The maximum atomic E-state index is 13.9. The number of nitrogens with zero attached hydrogens (tertiary/aromatic N) is 2. The normalized spacial score (nSPS) is 12.1. The summed E-state index contributed by atoms with van der Waals surface area (Å²) in [6.45, 7) is 7.34. The highest BCUT2D eigenvalue weighted by Gasteiger charge is 2.33. The summed E-state index contributed by atoms with van der Waals surface area (Å²) in [5.41, 5.74) is 2.80. The van der Waals surface area contributed by atoms with E-state index >= 15 is 0 Å². The molecule has 1 atom stereocenters. The molecule has 0 saturated heterocycles. The Morgan fingerprint density at radius 1 is 0.923 bits per heavy atom. The van der Waals surface area contributed by atoms with Gasteiger partial charge in [-0.05, 0) is 57.0 Å². The van der Waals surface area contributed by atoms with Gasteiger partial charge in [-0.2, -0.15) is 0 Å². The number of amides is 2. The fraction of sp³-hybridized carbons (Fsp3) is 0.310. The summed E-state index contributed by atoms with van der Waals surface area (Å²) in [7, 11) is -4.24. The predicted molar refractivity (Wildman–Crippen MR) is 157 cm³/mol. The van der Waals surface area contributed by atoms with Crippen LogP contribution in [0.15, 0.2) is 71.6 Å². The Hall–Kier alpha value is -3.07. The van der Waals surface area contributed by atoms with Gasteiger partial charge in [0.05, 0.1) is 20.6 Å². The molecule has 0 radical (unpaired) electrons. The molecule has 2 amide bonds. The first kappa shape index (κ1) is 30.5. The van der Waals surface area contributed by atoms with Crippen molar-refractivity contribution in [2.24, 2.45) is 0 Å². The Balaban J connectivity index is 2.05. The van der Waals surface area contributed by atoms with Gasteiger partial charge in [-0.1, -0.05) is 83.7 Å². The van der Waals surface area contributed by atoms with Crippen molar-refractivity contribution in [1.29, 1.82) is 0 Å². The summed E-state index contributed by atoms with van der Waals surface area (Å²) in [5, 5.41) is 2.97. The van der Waals surface area contributed by atoms with Crippen LogP contribution in [0.2, 0.25) is 10.0 Å². The van der Waals surface area contributed by atoms with Crippen molar-refractivity contribution >= 4 is 50.7 Å². The van der Waals surface area contributed by atoms with Gasteiger partial charge in [-0.15, -0.1) is 0 Å². The molecule has 0 unspecified atom stereocenters. The van der Waals surface area contributed by atoms with E-state index in [0.29, 0.717) is 6.54 Å². The van der Waals surface area contributed by atoms with Crippen LogP contribution in [0.5, 0.6) is 0 Å². The third-order valence-electron chi connectivity index (χ3n) is 6.28. The number of halogens is 2. The Kier molecular flexibility index (Phi) is 10.4. The molecule has 0 fully saturated rings. The maximum absolute atomic E-state index is 13.9. The van der Waals surface area contributed by atoms with E-state index < -0.39 is 28.5 Å². The van der Waals surface area contributed by atoms with Crippen LogP contribution in [0, 0.1) is 13.8 Å². The number of sulfonamides is 1. The average Bonchev–Trinajstić information content (AvgIpc) is 2.91. The molecule has 39 heavy (non-hydrogen) atoms. The van der Waals surface area contributed by atoms with Crippen molar-refractivity contribution in [1.82, 2.24) is 10.2 Å². The number of benzene rings is 3. The number of aryl methyl sites for hydroxylation is 2. The van der Waals surface area contributed by atoms with Gasteiger partial charge < -0.3 is 10.2 Å². The molecule has 3 rings (SSSR count). The molecule has 0 saturated carbocycles. The molecule has 7 nitrogen and oxygen atoms in total. The van der Waals surface area contributed by atoms with Crippen LogP contribution < -0.4 is 9.62 Å². The van der Waals surface area contributed by atoms with Gasteiger partial charge in [0.15, 0.2) is 0 Å². The van der Waals surface area contributed by atoms with Crippen molar-refractivity contribution < 1.29 is 18.0 Å². The van der Waals surface area contributed by atoms with Crippen LogP contribution in [0.4, 0.5) is 5.69 Å². The Labute approximate surface area is 240 Å². The second kappa shape index (κ2) is 13.3. The molecule has 0 aromatic heterocycles. The van der Waals surface area contributed by atoms with Crippen molar-refractivity contribution in [3.8, 4) is 0 Å². The standard InChI is InChI=1S/C29H33Cl2N3O4S/c1-5-17-32-29(36)22(4)33(18-23-13-9-20(2)10-14-23)27(35)19-34(26-8-6-7-25(30)28(26)31)39(37,38)24-15-11-21(3)12-16-24/h6-16,22H,5,17-19H2,1-4H3,(H,32,36)/t22-/m0/s1. The van der Waals surface area contributed by atoms with Crippen LogP contribution in [0.25, 0.3) is 0 Å². The van der Waals surface area contributed by atoms with E-state index in [-0.39, 0.29) is 33.1 Å². The van der Waals surface area contributed by atoms with Crippen molar-refractivity contribution in [3.63, 3.8) is 0 Å². The first-order chi connectivity index (χ1) is 18.4. The van der Waals surface area contributed by atoms with Gasteiger partial charge in [0, 0.05) is 13.1 Å². The highest BCUT2D eigenvalue weighted by atomic mass is 35.5. The minimum Gasteiger partial charge on any atom is -0.354 e. The second-order valence-corrected chi connectivity index (χ2v) is 12.0. The summed E-state index contributed by atoms with van der Waals surface area (Å²) in [6.07, 6.45) is 0.736. The molecule has 3 aromatic carbocycles. The van der Waals surface area contributed by atoms with Crippen LogP contribution in [0.1, 0.15) is 37.0 Å². The predicted octanol–water partition coefficient (Wildman–Crippen LogP) is 5.75. The Morgan fingerprint density at radius 3 is 2.10 bits per heavy atom. The maximum Gasteiger partial charge on any atom is 0.264 e. The monoisotopic (exact) mass is 589 g/mol. The third-order valence-corrected chi connectivity index (χ3v) is 8.86. The molecule has 0 spiro atoms. The van der Waals surface area contributed by atoms with E-state index in [9.17, 15) is 18.0 Å². The smallest absolute Gasteiger partial charge is 0.264 e. The number of nitrogens with one attached hydrogen (secondary N) is 1. The molecule has 10 heteroatoms. The van der Waals surface area contributed by atoms with Crippen molar-refractivity contribution in [3.05, 3.63) is 93.5 Å². The van der Waals surface area contributed by atoms with Gasteiger partial charge in [-0.3, -0.25) is 13.9 Å². The van der Waals surface area contributed by atoms with E-state index in [1.165, 1.54) is 29.2 Å². The topological polar surface area (TPSA) is 86.8 Å². The number of rotatable bonds is 11. The van der Waals surface area contributed by atoms with Gasteiger partial charge in [0.25, 0.3) is 10.0 Å². The molecule has 3 aromatic rings.